The van der Waals surface area contributed by atoms with Gasteiger partial charge in [0.1, 0.15) is 0 Å². The lowest BCUT2D eigenvalue weighted by molar-refractivity contribution is 0.295. The number of nitrogens with zero attached hydrogens (tertiary/aromatic N) is 2. The van der Waals surface area contributed by atoms with Gasteiger partial charge in [-0.05, 0) is 18.6 Å². The van der Waals surface area contributed by atoms with Crippen molar-refractivity contribution in [3.63, 3.8) is 0 Å². The Balaban J connectivity index is 2.24. The van der Waals surface area contributed by atoms with Crippen LogP contribution in [0.2, 0.25) is 0 Å². The molecule has 1 aliphatic heterocycles. The smallest absolute Gasteiger partial charge is 0.243 e. The van der Waals surface area contributed by atoms with E-state index in [0.717, 1.165) is 6.42 Å². The van der Waals surface area contributed by atoms with Gasteiger partial charge in [-0.2, -0.15) is 4.31 Å². The predicted octanol–water partition coefficient (Wildman–Crippen LogP) is 1.94. The zero-order chi connectivity index (χ0) is 13.9. The second kappa shape index (κ2) is 5.71. The number of piperidine rings is 1. The van der Waals surface area contributed by atoms with Crippen molar-refractivity contribution in [1.82, 2.24) is 4.31 Å². The summed E-state index contributed by atoms with van der Waals surface area (Å²) in [5, 5.41) is 12.2. The predicted molar refractivity (Wildman–Crippen MR) is 72.8 cm³/mol. The fourth-order valence-electron chi connectivity index (χ4n) is 2.34. The monoisotopic (exact) mass is 282 g/mol. The number of hydrogen-bond acceptors (Lipinski definition) is 4. The highest BCUT2D eigenvalue weighted by molar-refractivity contribution is 7.89. The Kier molecular flexibility index (Phi) is 4.21. The quantitative estimate of drug-likeness (QED) is 0.680. The average molecular weight is 282 g/mol. The van der Waals surface area contributed by atoms with Crippen LogP contribution in [0.3, 0.4) is 0 Å². The molecule has 6 heteroatoms. The van der Waals surface area contributed by atoms with E-state index in [9.17, 15) is 8.42 Å². The second-order valence-corrected chi connectivity index (χ2v) is 6.56. The lowest BCUT2D eigenvalue weighted by Gasteiger charge is -2.31. The molecule has 1 aromatic rings. The first-order valence-electron chi connectivity index (χ1n) is 6.35. The Labute approximate surface area is 113 Å². The van der Waals surface area contributed by atoms with E-state index in [4.69, 9.17) is 5.21 Å². The summed E-state index contributed by atoms with van der Waals surface area (Å²) < 4.78 is 26.4. The zero-order valence-electron chi connectivity index (χ0n) is 10.9. The van der Waals surface area contributed by atoms with E-state index in [1.165, 1.54) is 4.31 Å². The maximum Gasteiger partial charge on any atom is 0.243 e. The lowest BCUT2D eigenvalue weighted by Crippen LogP contribution is -2.43. The number of benzene rings is 1. The number of oxime groups is 1. The van der Waals surface area contributed by atoms with E-state index in [-0.39, 0.29) is 5.92 Å². The number of sulfonamides is 1. The molecule has 0 aliphatic carbocycles. The summed E-state index contributed by atoms with van der Waals surface area (Å²) in [5.41, 5.74) is 0.696. The third kappa shape index (κ3) is 2.79. The molecule has 1 unspecified atom stereocenters. The van der Waals surface area contributed by atoms with Crippen molar-refractivity contribution in [2.75, 3.05) is 13.1 Å². The van der Waals surface area contributed by atoms with E-state index >= 15 is 0 Å². The van der Waals surface area contributed by atoms with Gasteiger partial charge in [0.2, 0.25) is 10.0 Å². The molecule has 1 fully saturated rings. The summed E-state index contributed by atoms with van der Waals surface area (Å²) in [6.07, 6.45) is 1.25. The summed E-state index contributed by atoms with van der Waals surface area (Å²) in [6, 6.07) is 8.43. The summed E-state index contributed by atoms with van der Waals surface area (Å²) in [5.74, 6) is -0.00256. The van der Waals surface area contributed by atoms with Gasteiger partial charge in [-0.3, -0.25) is 0 Å². The van der Waals surface area contributed by atoms with Gasteiger partial charge < -0.3 is 5.21 Å². The van der Waals surface area contributed by atoms with Gasteiger partial charge in [0.05, 0.1) is 10.6 Å². The van der Waals surface area contributed by atoms with Gasteiger partial charge in [-0.15, -0.1) is 0 Å². The van der Waals surface area contributed by atoms with Crippen LogP contribution in [0.25, 0.3) is 0 Å². The van der Waals surface area contributed by atoms with Crippen LogP contribution in [0.15, 0.2) is 40.4 Å². The molecule has 19 heavy (non-hydrogen) atoms. The third-order valence-corrected chi connectivity index (χ3v) is 5.39. The van der Waals surface area contributed by atoms with E-state index in [1.54, 1.807) is 30.3 Å². The van der Waals surface area contributed by atoms with E-state index in [1.807, 2.05) is 6.92 Å². The first-order chi connectivity index (χ1) is 9.09. The SMILES string of the molecule is CCC1CN(S(=O)(=O)c2ccccc2)CC/C1=N\O. The van der Waals surface area contributed by atoms with Crippen molar-refractivity contribution >= 4 is 15.7 Å². The van der Waals surface area contributed by atoms with Gasteiger partial charge >= 0.3 is 0 Å². The Hall–Kier alpha value is -1.40. The van der Waals surface area contributed by atoms with E-state index < -0.39 is 10.0 Å². The average Bonchev–Trinajstić information content (AvgIpc) is 2.47. The van der Waals surface area contributed by atoms with E-state index in [2.05, 4.69) is 5.16 Å². The molecule has 0 saturated carbocycles. The highest BCUT2D eigenvalue weighted by Crippen LogP contribution is 2.23. The van der Waals surface area contributed by atoms with Crippen LogP contribution in [0.4, 0.5) is 0 Å². The molecule has 2 rings (SSSR count). The van der Waals surface area contributed by atoms with Crippen LogP contribution in [-0.4, -0.2) is 36.7 Å². The fraction of sp³-hybridized carbons (Fsp3) is 0.462. The third-order valence-electron chi connectivity index (χ3n) is 3.51. The van der Waals surface area contributed by atoms with Crippen molar-refractivity contribution in [3.05, 3.63) is 30.3 Å². The molecular weight excluding hydrogens is 264 g/mol. The van der Waals surface area contributed by atoms with E-state index in [0.29, 0.717) is 30.1 Å². The minimum atomic E-state index is -3.44. The molecule has 0 bridgehead atoms. The highest BCUT2D eigenvalue weighted by Gasteiger charge is 2.32. The van der Waals surface area contributed by atoms with Gasteiger partial charge in [-0.1, -0.05) is 30.3 Å². The maximum absolute atomic E-state index is 12.5. The van der Waals surface area contributed by atoms with Crippen molar-refractivity contribution in [2.45, 2.75) is 24.7 Å². The summed E-state index contributed by atoms with van der Waals surface area (Å²) >= 11 is 0. The molecule has 1 heterocycles. The van der Waals surface area contributed by atoms with Crippen LogP contribution in [0.1, 0.15) is 19.8 Å². The molecule has 0 amide bonds. The Bertz CT molecular complexity index is 555. The molecule has 5 nitrogen and oxygen atoms in total. The van der Waals surface area contributed by atoms with Crippen molar-refractivity contribution in [3.8, 4) is 0 Å². The normalized spacial score (nSPS) is 23.6. The summed E-state index contributed by atoms with van der Waals surface area (Å²) in [4.78, 5) is 0.314. The standard InChI is InChI=1S/C13H18N2O3S/c1-2-11-10-15(9-8-13(11)14-16)19(17,18)12-6-4-3-5-7-12/h3-7,11,16H,2,8-10H2,1H3/b14-13+. The molecule has 0 spiro atoms. The largest absolute Gasteiger partial charge is 0.411 e. The van der Waals surface area contributed by atoms with Gasteiger partial charge in [0, 0.05) is 25.4 Å². The second-order valence-electron chi connectivity index (χ2n) is 4.62. The lowest BCUT2D eigenvalue weighted by atomic mass is 9.95. The zero-order valence-corrected chi connectivity index (χ0v) is 11.7. The van der Waals surface area contributed by atoms with Crippen LogP contribution in [0.5, 0.6) is 0 Å². The Morgan fingerprint density at radius 3 is 2.63 bits per heavy atom. The number of rotatable bonds is 3. The van der Waals surface area contributed by atoms with Crippen molar-refractivity contribution in [2.24, 2.45) is 11.1 Å². The number of hydrogen-bond donors (Lipinski definition) is 1. The topological polar surface area (TPSA) is 70.0 Å². The van der Waals surface area contributed by atoms with Crippen LogP contribution < -0.4 is 0 Å². The van der Waals surface area contributed by atoms with Gasteiger partial charge in [0.15, 0.2) is 0 Å². The minimum absolute atomic E-state index is 0.00256. The molecule has 1 saturated heterocycles. The Morgan fingerprint density at radius 2 is 2.05 bits per heavy atom. The molecule has 1 aromatic carbocycles. The Morgan fingerprint density at radius 1 is 1.37 bits per heavy atom. The molecular formula is C13H18N2O3S. The molecule has 0 aromatic heterocycles. The van der Waals surface area contributed by atoms with Crippen LogP contribution in [-0.2, 0) is 10.0 Å². The first kappa shape index (κ1) is 14.0. The fourth-order valence-corrected chi connectivity index (χ4v) is 3.85. The summed E-state index contributed by atoms with van der Waals surface area (Å²) in [7, 11) is -3.44. The minimum Gasteiger partial charge on any atom is -0.411 e. The molecule has 104 valence electrons. The molecule has 1 atom stereocenters. The van der Waals surface area contributed by atoms with Gasteiger partial charge in [-0.25, -0.2) is 8.42 Å². The highest BCUT2D eigenvalue weighted by atomic mass is 32.2. The van der Waals surface area contributed by atoms with Crippen molar-refractivity contribution in [1.29, 1.82) is 0 Å². The summed E-state index contributed by atoms with van der Waals surface area (Å²) in [6.45, 7) is 2.72. The van der Waals surface area contributed by atoms with Crippen LogP contribution in [0, 0.1) is 5.92 Å². The molecule has 1 aliphatic rings. The van der Waals surface area contributed by atoms with Gasteiger partial charge in [0.25, 0.3) is 0 Å². The van der Waals surface area contributed by atoms with Crippen LogP contribution >= 0.6 is 0 Å². The molecule has 1 N–H and O–H groups in total. The maximum atomic E-state index is 12.5. The molecule has 0 radical (unpaired) electrons. The van der Waals surface area contributed by atoms with Crippen molar-refractivity contribution < 1.29 is 13.6 Å². The first-order valence-corrected chi connectivity index (χ1v) is 7.79.